The molecular formula is C19H19N3O4S. The Morgan fingerprint density at radius 3 is 2.37 bits per heavy atom. The van der Waals surface area contributed by atoms with Gasteiger partial charge in [0.2, 0.25) is 15.8 Å². The molecule has 1 aromatic heterocycles. The van der Waals surface area contributed by atoms with Gasteiger partial charge in [-0.25, -0.2) is 8.42 Å². The average Bonchev–Trinajstić information content (AvgIpc) is 3.09. The van der Waals surface area contributed by atoms with E-state index >= 15 is 0 Å². The largest absolute Gasteiger partial charge is 0.351 e. The predicted octanol–water partition coefficient (Wildman–Crippen LogP) is 3.06. The van der Waals surface area contributed by atoms with E-state index in [0.29, 0.717) is 11.4 Å². The maximum absolute atomic E-state index is 12.7. The van der Waals surface area contributed by atoms with Crippen LogP contribution >= 0.6 is 0 Å². The number of aryl methyl sites for hydroxylation is 1. The molecule has 8 heteroatoms. The van der Waals surface area contributed by atoms with Crippen molar-refractivity contribution in [1.82, 2.24) is 9.46 Å². The minimum Gasteiger partial charge on any atom is -0.351 e. The summed E-state index contributed by atoms with van der Waals surface area (Å²) in [6.45, 7) is 1.98. The van der Waals surface area contributed by atoms with Gasteiger partial charge in [-0.05, 0) is 36.8 Å². The molecule has 0 radical (unpaired) electrons. The minimum absolute atomic E-state index is 0.0896. The Bertz CT molecular complexity index is 1030. The highest BCUT2D eigenvalue weighted by molar-refractivity contribution is 7.89. The molecule has 0 aliphatic heterocycles. The lowest BCUT2D eigenvalue weighted by molar-refractivity contribution is 0.0988. The Kier molecular flexibility index (Phi) is 5.38. The van der Waals surface area contributed by atoms with Crippen molar-refractivity contribution < 1.29 is 17.7 Å². The van der Waals surface area contributed by atoms with Gasteiger partial charge < -0.3 is 9.84 Å². The van der Waals surface area contributed by atoms with Crippen molar-refractivity contribution in [3.05, 3.63) is 77.7 Å². The van der Waals surface area contributed by atoms with E-state index in [-0.39, 0.29) is 17.2 Å². The fraction of sp³-hybridized carbons (Fsp3) is 0.158. The number of amides is 1. The highest BCUT2D eigenvalue weighted by atomic mass is 32.2. The molecule has 7 nitrogen and oxygen atoms in total. The Labute approximate surface area is 157 Å². The summed E-state index contributed by atoms with van der Waals surface area (Å²) in [4.78, 5) is 12.2. The number of carbonyl (C=O) groups is 1. The maximum Gasteiger partial charge on any atom is 0.294 e. The van der Waals surface area contributed by atoms with E-state index in [0.717, 1.165) is 5.56 Å². The van der Waals surface area contributed by atoms with Crippen LogP contribution in [0, 0.1) is 6.92 Å². The lowest BCUT2D eigenvalue weighted by Gasteiger charge is -2.17. The fourth-order valence-corrected chi connectivity index (χ4v) is 3.64. The third-order valence-corrected chi connectivity index (χ3v) is 5.74. The number of benzene rings is 2. The number of rotatable bonds is 6. The highest BCUT2D eigenvalue weighted by Gasteiger charge is 2.21. The summed E-state index contributed by atoms with van der Waals surface area (Å²) in [6.07, 6.45) is 0. The summed E-state index contributed by atoms with van der Waals surface area (Å²) in [5.41, 5.74) is 1.96. The molecule has 0 aliphatic rings. The number of nitrogens with one attached hydrogen (secondary N) is 1. The fourth-order valence-electron chi connectivity index (χ4n) is 2.48. The third-order valence-electron chi connectivity index (χ3n) is 3.92. The molecule has 1 N–H and O–H groups in total. The summed E-state index contributed by atoms with van der Waals surface area (Å²) in [6, 6.07) is 16.8. The Hall–Kier alpha value is -2.97. The number of carbonyl (C=O) groups excluding carboxylic acids is 1. The van der Waals surface area contributed by atoms with Crippen LogP contribution in [-0.4, -0.2) is 30.8 Å². The summed E-state index contributed by atoms with van der Waals surface area (Å²) in [5, 5.41) is 6.30. The molecule has 1 amide bonds. The first-order valence-electron chi connectivity index (χ1n) is 8.21. The van der Waals surface area contributed by atoms with Gasteiger partial charge in [0.05, 0.1) is 10.6 Å². The third kappa shape index (κ3) is 4.42. The van der Waals surface area contributed by atoms with Crippen molar-refractivity contribution in [3.63, 3.8) is 0 Å². The maximum atomic E-state index is 12.7. The van der Waals surface area contributed by atoms with E-state index in [2.05, 4.69) is 10.5 Å². The molecule has 0 unspecified atom stereocenters. The zero-order valence-corrected chi connectivity index (χ0v) is 15.7. The number of nitrogens with zero attached hydrogens (tertiary/aromatic N) is 2. The highest BCUT2D eigenvalue weighted by Crippen LogP contribution is 2.19. The van der Waals surface area contributed by atoms with Crippen molar-refractivity contribution in [1.29, 1.82) is 0 Å². The van der Waals surface area contributed by atoms with Gasteiger partial charge in [-0.3, -0.25) is 4.79 Å². The van der Waals surface area contributed by atoms with Crippen LogP contribution in [0.2, 0.25) is 0 Å². The van der Waals surface area contributed by atoms with E-state index in [1.807, 2.05) is 30.3 Å². The number of sulfonamides is 1. The summed E-state index contributed by atoms with van der Waals surface area (Å²) in [7, 11) is -2.11. The van der Waals surface area contributed by atoms with Crippen molar-refractivity contribution in [2.75, 3.05) is 12.4 Å². The van der Waals surface area contributed by atoms with Crippen LogP contribution in [0.3, 0.4) is 0 Å². The van der Waals surface area contributed by atoms with Crippen LogP contribution in [0.1, 0.15) is 21.8 Å². The zero-order chi connectivity index (χ0) is 19.4. The molecule has 0 bridgehead atoms. The number of hydrogen-bond acceptors (Lipinski definition) is 5. The zero-order valence-electron chi connectivity index (χ0n) is 14.9. The van der Waals surface area contributed by atoms with Gasteiger partial charge in [0.25, 0.3) is 5.91 Å². The summed E-state index contributed by atoms with van der Waals surface area (Å²) in [5.74, 6) is -0.362. The lowest BCUT2D eigenvalue weighted by atomic mass is 10.2. The van der Waals surface area contributed by atoms with E-state index in [4.69, 9.17) is 4.52 Å². The normalized spacial score (nSPS) is 11.5. The molecule has 1 heterocycles. The molecule has 2 aromatic carbocycles. The standard InChI is InChI=1S/C19H19N3O4S/c1-14-12-18(26-21-14)19(23)20-16-8-10-17(11-9-16)27(24,25)22(2)13-15-6-4-3-5-7-15/h3-12H,13H2,1-2H3,(H,20,23). The lowest BCUT2D eigenvalue weighted by Crippen LogP contribution is -2.26. The second kappa shape index (κ2) is 7.73. The van der Waals surface area contributed by atoms with Gasteiger partial charge in [0.15, 0.2) is 0 Å². The Morgan fingerprint density at radius 1 is 1.11 bits per heavy atom. The quantitative estimate of drug-likeness (QED) is 0.704. The molecular weight excluding hydrogens is 366 g/mol. The molecule has 0 saturated carbocycles. The molecule has 0 saturated heterocycles. The van der Waals surface area contributed by atoms with E-state index in [1.54, 1.807) is 6.92 Å². The van der Waals surface area contributed by atoms with Crippen molar-refractivity contribution in [2.24, 2.45) is 0 Å². The average molecular weight is 385 g/mol. The van der Waals surface area contributed by atoms with Gasteiger partial charge in [-0.1, -0.05) is 35.5 Å². The van der Waals surface area contributed by atoms with Crippen LogP contribution in [0.25, 0.3) is 0 Å². The first-order valence-corrected chi connectivity index (χ1v) is 9.65. The van der Waals surface area contributed by atoms with Crippen molar-refractivity contribution in [2.45, 2.75) is 18.4 Å². The molecule has 3 rings (SSSR count). The number of hydrogen-bond donors (Lipinski definition) is 1. The molecule has 0 aliphatic carbocycles. The Balaban J connectivity index is 1.71. The van der Waals surface area contributed by atoms with E-state index in [9.17, 15) is 13.2 Å². The summed E-state index contributed by atoms with van der Waals surface area (Å²) < 4.78 is 31.6. The van der Waals surface area contributed by atoms with Crippen LogP contribution < -0.4 is 5.32 Å². The molecule has 27 heavy (non-hydrogen) atoms. The molecule has 0 spiro atoms. The molecule has 140 valence electrons. The number of anilines is 1. The second-order valence-electron chi connectivity index (χ2n) is 6.06. The first-order chi connectivity index (χ1) is 12.9. The van der Waals surface area contributed by atoms with Gasteiger partial charge in [-0.2, -0.15) is 4.31 Å². The molecule has 3 aromatic rings. The van der Waals surface area contributed by atoms with Crippen LogP contribution in [0.5, 0.6) is 0 Å². The minimum atomic E-state index is -3.64. The van der Waals surface area contributed by atoms with Crippen molar-refractivity contribution >= 4 is 21.6 Å². The van der Waals surface area contributed by atoms with E-state index < -0.39 is 15.9 Å². The van der Waals surface area contributed by atoms with Gasteiger partial charge in [-0.15, -0.1) is 0 Å². The number of aromatic nitrogens is 1. The van der Waals surface area contributed by atoms with Crippen LogP contribution in [-0.2, 0) is 16.6 Å². The smallest absolute Gasteiger partial charge is 0.294 e. The molecule has 0 fully saturated rings. The topological polar surface area (TPSA) is 92.5 Å². The van der Waals surface area contributed by atoms with E-state index in [1.165, 1.54) is 41.7 Å². The second-order valence-corrected chi connectivity index (χ2v) is 8.10. The Morgan fingerprint density at radius 2 is 1.78 bits per heavy atom. The van der Waals surface area contributed by atoms with Crippen LogP contribution in [0.4, 0.5) is 5.69 Å². The van der Waals surface area contributed by atoms with Gasteiger partial charge in [0.1, 0.15) is 0 Å². The van der Waals surface area contributed by atoms with Crippen LogP contribution in [0.15, 0.2) is 70.1 Å². The van der Waals surface area contributed by atoms with Gasteiger partial charge in [0, 0.05) is 25.3 Å². The first kappa shape index (κ1) is 18.8. The molecule has 0 atom stereocenters. The SMILES string of the molecule is Cc1cc(C(=O)Nc2ccc(S(=O)(=O)N(C)Cc3ccccc3)cc2)on1. The van der Waals surface area contributed by atoms with Crippen molar-refractivity contribution in [3.8, 4) is 0 Å². The summed E-state index contributed by atoms with van der Waals surface area (Å²) >= 11 is 0. The monoisotopic (exact) mass is 385 g/mol. The van der Waals surface area contributed by atoms with Gasteiger partial charge >= 0.3 is 0 Å². The predicted molar refractivity (Wildman–Crippen MR) is 101 cm³/mol.